The molecule has 0 aliphatic heterocycles. The summed E-state index contributed by atoms with van der Waals surface area (Å²) in [6.07, 6.45) is 2.02. The normalized spacial score (nSPS) is 12.8. The number of ether oxygens (including phenoxy) is 1. The fourth-order valence-electron chi connectivity index (χ4n) is 1.49. The molecule has 1 atom stereocenters. The van der Waals surface area contributed by atoms with Crippen LogP contribution in [0.1, 0.15) is 12.5 Å². The molecule has 18 heavy (non-hydrogen) atoms. The average Bonchev–Trinajstić information content (AvgIpc) is 2.29. The molecule has 1 N–H and O–H groups in total. The van der Waals surface area contributed by atoms with Gasteiger partial charge in [0, 0.05) is 28.9 Å². The number of alkyl halides is 2. The van der Waals surface area contributed by atoms with Gasteiger partial charge in [-0.2, -0.15) is 20.5 Å². The number of nitrogens with one attached hydrogen (secondary N) is 1. The molecule has 0 radical (unpaired) electrons. The third-order valence-corrected chi connectivity index (χ3v) is 3.36. The summed E-state index contributed by atoms with van der Waals surface area (Å²) in [4.78, 5) is 0. The van der Waals surface area contributed by atoms with Crippen LogP contribution in [0, 0.1) is 0 Å². The first-order valence-corrected chi connectivity index (χ1v) is 7.25. The SMILES string of the molecule is CSCC(C)NCc1cc(Cl)ccc1OC(F)F. The van der Waals surface area contributed by atoms with Crippen molar-refractivity contribution in [2.24, 2.45) is 0 Å². The third kappa shape index (κ3) is 5.42. The zero-order chi connectivity index (χ0) is 13.5. The van der Waals surface area contributed by atoms with Crippen LogP contribution < -0.4 is 10.1 Å². The minimum absolute atomic E-state index is 0.165. The molecule has 0 aliphatic carbocycles. The van der Waals surface area contributed by atoms with Crippen LogP contribution in [0.2, 0.25) is 5.02 Å². The highest BCUT2D eigenvalue weighted by atomic mass is 35.5. The predicted octanol–water partition coefficient (Wildman–Crippen LogP) is 3.78. The Morgan fingerprint density at radius 2 is 2.17 bits per heavy atom. The Morgan fingerprint density at radius 3 is 2.78 bits per heavy atom. The smallest absolute Gasteiger partial charge is 0.387 e. The lowest BCUT2D eigenvalue weighted by Crippen LogP contribution is -2.27. The van der Waals surface area contributed by atoms with Crippen molar-refractivity contribution in [2.75, 3.05) is 12.0 Å². The average molecular weight is 296 g/mol. The highest BCUT2D eigenvalue weighted by Crippen LogP contribution is 2.24. The van der Waals surface area contributed by atoms with Crippen molar-refractivity contribution >= 4 is 23.4 Å². The van der Waals surface area contributed by atoms with Gasteiger partial charge in [-0.05, 0) is 31.4 Å². The molecule has 1 unspecified atom stereocenters. The summed E-state index contributed by atoms with van der Waals surface area (Å²) < 4.78 is 28.9. The van der Waals surface area contributed by atoms with Gasteiger partial charge in [-0.25, -0.2) is 0 Å². The molecule has 0 amide bonds. The molecule has 6 heteroatoms. The minimum Gasteiger partial charge on any atom is -0.434 e. The molecule has 0 fully saturated rings. The quantitative estimate of drug-likeness (QED) is 0.827. The molecule has 102 valence electrons. The molecule has 1 aromatic rings. The van der Waals surface area contributed by atoms with E-state index in [2.05, 4.69) is 10.1 Å². The number of hydrogen-bond donors (Lipinski definition) is 1. The molecule has 0 bridgehead atoms. The van der Waals surface area contributed by atoms with E-state index in [1.165, 1.54) is 12.1 Å². The molecular weight excluding hydrogens is 280 g/mol. The maximum atomic E-state index is 12.2. The summed E-state index contributed by atoms with van der Waals surface area (Å²) in [5, 5.41) is 3.74. The van der Waals surface area contributed by atoms with E-state index in [0.717, 1.165) is 5.75 Å². The van der Waals surface area contributed by atoms with Gasteiger partial charge in [-0.15, -0.1) is 0 Å². The van der Waals surface area contributed by atoms with E-state index in [1.54, 1.807) is 17.8 Å². The van der Waals surface area contributed by atoms with E-state index in [1.807, 2.05) is 13.2 Å². The molecule has 0 saturated carbocycles. The number of hydrogen-bond acceptors (Lipinski definition) is 3. The van der Waals surface area contributed by atoms with Crippen LogP contribution in [0.3, 0.4) is 0 Å². The number of halogens is 3. The lowest BCUT2D eigenvalue weighted by Gasteiger charge is -2.15. The van der Waals surface area contributed by atoms with Gasteiger partial charge in [0.05, 0.1) is 0 Å². The summed E-state index contributed by atoms with van der Waals surface area (Å²) in [7, 11) is 0. The van der Waals surface area contributed by atoms with Crippen molar-refractivity contribution in [2.45, 2.75) is 26.1 Å². The molecule has 0 saturated heterocycles. The van der Waals surface area contributed by atoms with Crippen molar-refractivity contribution in [3.05, 3.63) is 28.8 Å². The van der Waals surface area contributed by atoms with E-state index in [0.29, 0.717) is 23.2 Å². The van der Waals surface area contributed by atoms with Crippen molar-refractivity contribution < 1.29 is 13.5 Å². The molecule has 0 aromatic heterocycles. The Morgan fingerprint density at radius 1 is 1.44 bits per heavy atom. The topological polar surface area (TPSA) is 21.3 Å². The van der Waals surface area contributed by atoms with Gasteiger partial charge in [0.1, 0.15) is 5.75 Å². The van der Waals surface area contributed by atoms with Gasteiger partial charge < -0.3 is 10.1 Å². The van der Waals surface area contributed by atoms with Crippen molar-refractivity contribution in [3.8, 4) is 5.75 Å². The Kier molecular flexibility index (Phi) is 6.75. The van der Waals surface area contributed by atoms with E-state index in [-0.39, 0.29) is 5.75 Å². The largest absolute Gasteiger partial charge is 0.434 e. The van der Waals surface area contributed by atoms with E-state index in [4.69, 9.17) is 11.6 Å². The molecule has 0 heterocycles. The number of rotatable bonds is 7. The van der Waals surface area contributed by atoms with Gasteiger partial charge in [0.15, 0.2) is 0 Å². The van der Waals surface area contributed by atoms with Crippen LogP contribution in [0.5, 0.6) is 5.75 Å². The van der Waals surface area contributed by atoms with E-state index < -0.39 is 6.61 Å². The number of benzene rings is 1. The third-order valence-electron chi connectivity index (χ3n) is 2.30. The molecule has 2 nitrogen and oxygen atoms in total. The molecule has 1 rings (SSSR count). The van der Waals surface area contributed by atoms with Gasteiger partial charge >= 0.3 is 6.61 Å². The zero-order valence-corrected chi connectivity index (χ0v) is 11.8. The Labute approximate surface area is 115 Å². The maximum Gasteiger partial charge on any atom is 0.387 e. The van der Waals surface area contributed by atoms with Crippen LogP contribution in [0.4, 0.5) is 8.78 Å². The van der Waals surface area contributed by atoms with Crippen LogP contribution in [-0.2, 0) is 6.54 Å². The molecule has 1 aromatic carbocycles. The highest BCUT2D eigenvalue weighted by molar-refractivity contribution is 7.98. The second kappa shape index (κ2) is 7.81. The molecular formula is C12H16ClF2NOS. The van der Waals surface area contributed by atoms with Crippen LogP contribution in [0.25, 0.3) is 0 Å². The monoisotopic (exact) mass is 295 g/mol. The fourth-order valence-corrected chi connectivity index (χ4v) is 2.30. The maximum absolute atomic E-state index is 12.2. The second-order valence-corrected chi connectivity index (χ2v) is 5.21. The standard InChI is InChI=1S/C12H16ClF2NOS/c1-8(7-18-2)16-6-9-5-10(13)3-4-11(9)17-12(14)15/h3-5,8,12,16H,6-7H2,1-2H3. The highest BCUT2D eigenvalue weighted by Gasteiger charge is 2.11. The van der Waals surface area contributed by atoms with Gasteiger partial charge in [-0.3, -0.25) is 0 Å². The van der Waals surface area contributed by atoms with E-state index >= 15 is 0 Å². The summed E-state index contributed by atoms with van der Waals surface area (Å²) in [6, 6.07) is 4.93. The Balaban J connectivity index is 2.69. The first kappa shape index (κ1) is 15.5. The van der Waals surface area contributed by atoms with Crippen molar-refractivity contribution in [1.82, 2.24) is 5.32 Å². The van der Waals surface area contributed by atoms with Crippen molar-refractivity contribution in [1.29, 1.82) is 0 Å². The summed E-state index contributed by atoms with van der Waals surface area (Å²) in [5.74, 6) is 1.12. The fraction of sp³-hybridized carbons (Fsp3) is 0.500. The Hall–Kier alpha value is -0.520. The first-order chi connectivity index (χ1) is 8.52. The zero-order valence-electron chi connectivity index (χ0n) is 10.3. The van der Waals surface area contributed by atoms with Crippen molar-refractivity contribution in [3.63, 3.8) is 0 Å². The van der Waals surface area contributed by atoms with E-state index in [9.17, 15) is 8.78 Å². The predicted molar refractivity (Wildman–Crippen MR) is 72.8 cm³/mol. The summed E-state index contributed by atoms with van der Waals surface area (Å²) in [6.45, 7) is -0.340. The van der Waals surface area contributed by atoms with Gasteiger partial charge in [0.2, 0.25) is 0 Å². The van der Waals surface area contributed by atoms with Gasteiger partial charge in [-0.1, -0.05) is 11.6 Å². The van der Waals surface area contributed by atoms with Crippen LogP contribution in [-0.4, -0.2) is 24.7 Å². The first-order valence-electron chi connectivity index (χ1n) is 5.48. The molecule has 0 aliphatic rings. The molecule has 0 spiro atoms. The van der Waals surface area contributed by atoms with Crippen LogP contribution in [0.15, 0.2) is 18.2 Å². The summed E-state index contributed by atoms with van der Waals surface area (Å²) >= 11 is 7.58. The van der Waals surface area contributed by atoms with Crippen LogP contribution >= 0.6 is 23.4 Å². The lowest BCUT2D eigenvalue weighted by molar-refractivity contribution is -0.0505. The number of thioether (sulfide) groups is 1. The Bertz CT molecular complexity index is 379. The van der Waals surface area contributed by atoms with Gasteiger partial charge in [0.25, 0.3) is 0 Å². The minimum atomic E-state index is -2.83. The second-order valence-electron chi connectivity index (χ2n) is 3.87. The lowest BCUT2D eigenvalue weighted by atomic mass is 10.2. The summed E-state index contributed by atoms with van der Waals surface area (Å²) in [5.41, 5.74) is 0.635.